The van der Waals surface area contributed by atoms with Crippen molar-refractivity contribution >= 4 is 19.9 Å². The summed E-state index contributed by atoms with van der Waals surface area (Å²) in [5, 5.41) is -0.886. The number of hydrogen-bond donors (Lipinski definition) is 2. The lowest BCUT2D eigenvalue weighted by Crippen LogP contribution is -2.39. The van der Waals surface area contributed by atoms with Crippen LogP contribution in [0.5, 0.6) is 0 Å². The molecule has 2 unspecified atom stereocenters. The summed E-state index contributed by atoms with van der Waals surface area (Å²) in [6, 6.07) is -0.502. The largest absolute Gasteiger partial charge is 0.328 e. The van der Waals surface area contributed by atoms with Crippen LogP contribution in [0.1, 0.15) is 20.3 Å². The molecule has 3 N–H and O–H groups in total. The van der Waals surface area contributed by atoms with Crippen molar-refractivity contribution in [1.29, 1.82) is 0 Å². The van der Waals surface area contributed by atoms with Gasteiger partial charge in [-0.3, -0.25) is 0 Å². The lowest BCUT2D eigenvalue weighted by Gasteiger charge is -2.15. The first-order chi connectivity index (χ1) is 6.52. The van der Waals surface area contributed by atoms with Crippen LogP contribution in [0.4, 0.5) is 0 Å². The van der Waals surface area contributed by atoms with E-state index in [1.54, 1.807) is 13.8 Å². The zero-order valence-electron chi connectivity index (χ0n) is 9.10. The van der Waals surface area contributed by atoms with Gasteiger partial charge in [0.15, 0.2) is 14.9 Å². The highest BCUT2D eigenvalue weighted by Gasteiger charge is 2.20. The summed E-state index contributed by atoms with van der Waals surface area (Å²) in [6.07, 6.45) is 1.34. The Kier molecular flexibility index (Phi) is 5.18. The van der Waals surface area contributed by atoms with Gasteiger partial charge in [0.05, 0.1) is 0 Å². The molecule has 0 heterocycles. The summed E-state index contributed by atoms with van der Waals surface area (Å²) < 4.78 is 46.5. The fourth-order valence-corrected chi connectivity index (χ4v) is 4.46. The van der Waals surface area contributed by atoms with Gasteiger partial charge in [-0.1, -0.05) is 0 Å². The Morgan fingerprint density at radius 3 is 2.00 bits per heavy atom. The second-order valence-corrected chi connectivity index (χ2v) is 8.15. The van der Waals surface area contributed by atoms with Crippen LogP contribution in [0, 0.1) is 0 Å². The van der Waals surface area contributed by atoms with Gasteiger partial charge in [-0.05, 0) is 20.3 Å². The number of nitrogens with two attached hydrogens (primary N) is 1. The number of sulfonamides is 1. The summed E-state index contributed by atoms with van der Waals surface area (Å²) in [4.78, 5) is 0. The van der Waals surface area contributed by atoms with Gasteiger partial charge in [-0.2, -0.15) is 0 Å². The second kappa shape index (κ2) is 5.24. The molecule has 0 saturated heterocycles. The number of sulfone groups is 1. The predicted molar refractivity (Wildman–Crippen MR) is 59.5 cm³/mol. The Labute approximate surface area is 91.2 Å². The third kappa shape index (κ3) is 8.79. The molecule has 0 spiro atoms. The highest BCUT2D eigenvalue weighted by Crippen LogP contribution is 1.99. The van der Waals surface area contributed by atoms with Gasteiger partial charge in [-0.15, -0.1) is 0 Å². The van der Waals surface area contributed by atoms with E-state index in [-0.39, 0.29) is 12.1 Å². The average molecular weight is 258 g/mol. The van der Waals surface area contributed by atoms with E-state index in [0.717, 1.165) is 6.26 Å². The maximum absolute atomic E-state index is 11.3. The molecular formula is C7H18N2O4S2. The minimum absolute atomic E-state index is 0.138. The summed E-state index contributed by atoms with van der Waals surface area (Å²) in [7, 11) is -7.32. The van der Waals surface area contributed by atoms with Gasteiger partial charge < -0.3 is 5.73 Å². The van der Waals surface area contributed by atoms with Gasteiger partial charge in [0.25, 0.3) is 0 Å². The van der Waals surface area contributed by atoms with Crippen molar-refractivity contribution in [2.24, 2.45) is 5.73 Å². The molecule has 0 aromatic rings. The molecule has 92 valence electrons. The Balaban J connectivity index is 4.40. The predicted octanol–water partition coefficient (Wildman–Crippen LogP) is -0.966. The number of nitrogens with one attached hydrogen (secondary N) is 1. The third-order valence-electron chi connectivity index (χ3n) is 1.48. The van der Waals surface area contributed by atoms with Crippen LogP contribution in [0.25, 0.3) is 0 Å². The van der Waals surface area contributed by atoms with Crippen LogP contribution < -0.4 is 10.5 Å². The van der Waals surface area contributed by atoms with Crippen LogP contribution in [0.3, 0.4) is 0 Å². The molecule has 2 atom stereocenters. The normalized spacial score (nSPS) is 17.3. The summed E-state index contributed by atoms with van der Waals surface area (Å²) in [6.45, 7) is 3.39. The topological polar surface area (TPSA) is 106 Å². The zero-order valence-corrected chi connectivity index (χ0v) is 10.7. The number of hydrogen-bond acceptors (Lipinski definition) is 5. The van der Waals surface area contributed by atoms with Crippen LogP contribution in [-0.2, 0) is 19.9 Å². The van der Waals surface area contributed by atoms with Crippen molar-refractivity contribution < 1.29 is 16.8 Å². The Morgan fingerprint density at radius 1 is 1.20 bits per heavy atom. The molecular weight excluding hydrogens is 240 g/mol. The van der Waals surface area contributed by atoms with E-state index in [0.29, 0.717) is 6.42 Å². The molecule has 0 rings (SSSR count). The van der Waals surface area contributed by atoms with Gasteiger partial charge >= 0.3 is 0 Å². The first-order valence-corrected chi connectivity index (χ1v) is 8.16. The van der Waals surface area contributed by atoms with Gasteiger partial charge in [0, 0.05) is 18.3 Å². The van der Waals surface area contributed by atoms with Crippen molar-refractivity contribution in [3.63, 3.8) is 0 Å². The summed E-state index contributed by atoms with van der Waals surface area (Å²) in [5.41, 5.74) is 5.49. The molecule has 0 aliphatic rings. The standard InChI is InChI=1S/C7H18N2O4S2/c1-6(8)4-7(2)9-15(12,13)5-14(3,10)11/h6-7,9H,4-5,8H2,1-3H3. The van der Waals surface area contributed by atoms with Crippen LogP contribution in [0.15, 0.2) is 0 Å². The first-order valence-electron chi connectivity index (χ1n) is 4.45. The SMILES string of the molecule is CC(N)CC(C)NS(=O)(=O)CS(C)(=O)=O. The summed E-state index contributed by atoms with van der Waals surface area (Å²) >= 11 is 0. The van der Waals surface area contributed by atoms with E-state index in [2.05, 4.69) is 4.72 Å². The highest BCUT2D eigenvalue weighted by atomic mass is 32.3. The van der Waals surface area contributed by atoms with Gasteiger partial charge in [0.2, 0.25) is 10.0 Å². The lowest BCUT2D eigenvalue weighted by atomic mass is 10.1. The fourth-order valence-electron chi connectivity index (χ4n) is 1.23. The second-order valence-electron chi connectivity index (χ2n) is 3.89. The molecule has 6 nitrogen and oxygen atoms in total. The van der Waals surface area contributed by atoms with E-state index in [1.165, 1.54) is 0 Å². The Morgan fingerprint density at radius 2 is 1.67 bits per heavy atom. The van der Waals surface area contributed by atoms with Gasteiger partial charge in [-0.25, -0.2) is 21.6 Å². The Bertz CT molecular complexity index is 385. The number of rotatable bonds is 6. The van der Waals surface area contributed by atoms with Crippen molar-refractivity contribution in [3.05, 3.63) is 0 Å². The molecule has 0 saturated carbocycles. The molecule has 0 fully saturated rings. The van der Waals surface area contributed by atoms with Crippen molar-refractivity contribution in [2.45, 2.75) is 32.4 Å². The molecule has 0 aliphatic carbocycles. The monoisotopic (exact) mass is 258 g/mol. The lowest BCUT2D eigenvalue weighted by molar-refractivity contribution is 0.521. The maximum atomic E-state index is 11.3. The minimum atomic E-state index is -3.78. The van der Waals surface area contributed by atoms with E-state index in [4.69, 9.17) is 5.73 Å². The third-order valence-corrected chi connectivity index (χ3v) is 5.19. The van der Waals surface area contributed by atoms with Crippen LogP contribution in [-0.4, -0.2) is 40.3 Å². The smallest absolute Gasteiger partial charge is 0.226 e. The zero-order chi connectivity index (χ0) is 12.3. The molecule has 0 aromatic carbocycles. The van der Waals surface area contributed by atoms with E-state index >= 15 is 0 Å². The molecule has 0 aliphatic heterocycles. The highest BCUT2D eigenvalue weighted by molar-refractivity contribution is 8.06. The van der Waals surface area contributed by atoms with Crippen molar-refractivity contribution in [3.8, 4) is 0 Å². The molecule has 0 aromatic heterocycles. The van der Waals surface area contributed by atoms with Crippen LogP contribution in [0.2, 0.25) is 0 Å². The molecule has 15 heavy (non-hydrogen) atoms. The van der Waals surface area contributed by atoms with Crippen LogP contribution >= 0.6 is 0 Å². The van der Waals surface area contributed by atoms with E-state index in [9.17, 15) is 16.8 Å². The molecule has 0 bridgehead atoms. The van der Waals surface area contributed by atoms with E-state index < -0.39 is 24.9 Å². The summed E-state index contributed by atoms with van der Waals surface area (Å²) in [5.74, 6) is 0. The first kappa shape index (κ1) is 14.8. The van der Waals surface area contributed by atoms with E-state index in [1.807, 2.05) is 0 Å². The molecule has 8 heteroatoms. The Hall–Kier alpha value is -0.180. The maximum Gasteiger partial charge on any atom is 0.226 e. The average Bonchev–Trinajstić information content (AvgIpc) is 1.73. The molecule has 0 radical (unpaired) electrons. The quantitative estimate of drug-likeness (QED) is 0.638. The fraction of sp³-hybridized carbons (Fsp3) is 1.00. The van der Waals surface area contributed by atoms with Crippen molar-refractivity contribution in [1.82, 2.24) is 4.72 Å². The minimum Gasteiger partial charge on any atom is -0.328 e. The molecule has 0 amide bonds. The van der Waals surface area contributed by atoms with Crippen molar-refractivity contribution in [2.75, 3.05) is 11.3 Å². The van der Waals surface area contributed by atoms with Gasteiger partial charge in [0.1, 0.15) is 0 Å².